The molecule has 1 N–H and O–H groups in total. The fourth-order valence-corrected chi connectivity index (χ4v) is 2.15. The average molecular weight is 313 g/mol. The van der Waals surface area contributed by atoms with Crippen LogP contribution in [0, 0.1) is 0 Å². The third-order valence-electron chi connectivity index (χ3n) is 2.85. The summed E-state index contributed by atoms with van der Waals surface area (Å²) in [7, 11) is 0. The van der Waals surface area contributed by atoms with Crippen LogP contribution in [0.5, 0.6) is 5.75 Å². The summed E-state index contributed by atoms with van der Waals surface area (Å²) in [4.78, 5) is 13.5. The zero-order valence-electron chi connectivity index (χ0n) is 10.2. The number of benzene rings is 1. The van der Waals surface area contributed by atoms with E-state index in [1.807, 2.05) is 29.2 Å². The van der Waals surface area contributed by atoms with Crippen LogP contribution in [-0.2, 0) is 0 Å². The van der Waals surface area contributed by atoms with Crippen molar-refractivity contribution in [3.8, 4) is 5.75 Å². The zero-order valence-corrected chi connectivity index (χ0v) is 11.8. The van der Waals surface area contributed by atoms with Gasteiger partial charge in [-0.1, -0.05) is 15.9 Å². The van der Waals surface area contributed by atoms with Crippen LogP contribution in [0.2, 0.25) is 0 Å². The van der Waals surface area contributed by atoms with Gasteiger partial charge in [0.25, 0.3) is 0 Å². The number of nitrogens with zero attached hydrogens (tertiary/aromatic N) is 1. The standard InChI is InChI=1S/C13H17BrN2O2/c14-11-3-5-12(6-4-11)18-10-7-15-13(17)16-8-1-2-9-16/h3-6H,1-2,7-10H2,(H,15,17). The van der Waals surface area contributed by atoms with E-state index in [1.54, 1.807) is 0 Å². The van der Waals surface area contributed by atoms with E-state index >= 15 is 0 Å². The predicted molar refractivity (Wildman–Crippen MR) is 73.8 cm³/mol. The van der Waals surface area contributed by atoms with Crippen molar-refractivity contribution in [1.29, 1.82) is 0 Å². The molecule has 1 aliphatic rings. The third kappa shape index (κ3) is 3.91. The lowest BCUT2D eigenvalue weighted by atomic mass is 10.3. The lowest BCUT2D eigenvalue weighted by molar-refractivity contribution is 0.205. The molecule has 1 fully saturated rings. The summed E-state index contributed by atoms with van der Waals surface area (Å²) in [6.07, 6.45) is 2.23. The lowest BCUT2D eigenvalue weighted by Gasteiger charge is -2.16. The quantitative estimate of drug-likeness (QED) is 0.868. The number of hydrogen-bond acceptors (Lipinski definition) is 2. The zero-order chi connectivity index (χ0) is 12.8. The maximum Gasteiger partial charge on any atom is 0.317 e. The van der Waals surface area contributed by atoms with Crippen molar-refractivity contribution >= 4 is 22.0 Å². The van der Waals surface area contributed by atoms with E-state index in [-0.39, 0.29) is 6.03 Å². The van der Waals surface area contributed by atoms with Crippen molar-refractivity contribution in [2.45, 2.75) is 12.8 Å². The molecule has 1 aromatic carbocycles. The Labute approximate surface area is 115 Å². The topological polar surface area (TPSA) is 41.6 Å². The highest BCUT2D eigenvalue weighted by Crippen LogP contribution is 2.15. The van der Waals surface area contributed by atoms with Crippen molar-refractivity contribution in [3.63, 3.8) is 0 Å². The van der Waals surface area contributed by atoms with Gasteiger partial charge in [0.15, 0.2) is 0 Å². The van der Waals surface area contributed by atoms with Gasteiger partial charge in [-0.05, 0) is 37.1 Å². The predicted octanol–water partition coefficient (Wildman–Crippen LogP) is 2.63. The Balaban J connectivity index is 1.63. The monoisotopic (exact) mass is 312 g/mol. The Morgan fingerprint density at radius 1 is 1.28 bits per heavy atom. The number of halogens is 1. The first-order chi connectivity index (χ1) is 8.75. The third-order valence-corrected chi connectivity index (χ3v) is 3.38. The Morgan fingerprint density at radius 3 is 2.61 bits per heavy atom. The molecule has 4 nitrogen and oxygen atoms in total. The summed E-state index contributed by atoms with van der Waals surface area (Å²) in [5, 5.41) is 2.86. The second kappa shape index (κ2) is 6.64. The molecule has 0 saturated carbocycles. The average Bonchev–Trinajstić information content (AvgIpc) is 2.90. The summed E-state index contributed by atoms with van der Waals surface area (Å²) >= 11 is 3.37. The molecule has 0 aromatic heterocycles. The van der Waals surface area contributed by atoms with Gasteiger partial charge in [-0.15, -0.1) is 0 Å². The molecule has 1 aromatic rings. The lowest BCUT2D eigenvalue weighted by Crippen LogP contribution is -2.39. The Bertz CT molecular complexity index is 388. The first-order valence-electron chi connectivity index (χ1n) is 6.17. The molecule has 98 valence electrons. The van der Waals surface area contributed by atoms with Crippen LogP contribution in [0.4, 0.5) is 4.79 Å². The molecule has 0 aliphatic carbocycles. The summed E-state index contributed by atoms with van der Waals surface area (Å²) in [5.41, 5.74) is 0. The first kappa shape index (κ1) is 13.2. The highest BCUT2D eigenvalue weighted by Gasteiger charge is 2.16. The van der Waals surface area contributed by atoms with Crippen LogP contribution in [0.15, 0.2) is 28.7 Å². The summed E-state index contributed by atoms with van der Waals surface area (Å²) in [5.74, 6) is 0.814. The van der Waals surface area contributed by atoms with Crippen LogP contribution in [-0.4, -0.2) is 37.2 Å². The number of likely N-dealkylation sites (tertiary alicyclic amines) is 1. The molecule has 1 aliphatic heterocycles. The SMILES string of the molecule is O=C(NCCOc1ccc(Br)cc1)N1CCCC1. The highest BCUT2D eigenvalue weighted by molar-refractivity contribution is 9.10. The van der Waals surface area contributed by atoms with Gasteiger partial charge < -0.3 is 15.0 Å². The van der Waals surface area contributed by atoms with E-state index < -0.39 is 0 Å². The molecule has 1 saturated heterocycles. The minimum atomic E-state index is 0.0203. The Morgan fingerprint density at radius 2 is 1.94 bits per heavy atom. The second-order valence-electron chi connectivity index (χ2n) is 4.23. The Hall–Kier alpha value is -1.23. The number of hydrogen-bond donors (Lipinski definition) is 1. The normalized spacial score (nSPS) is 14.6. The van der Waals surface area contributed by atoms with Crippen molar-refractivity contribution in [1.82, 2.24) is 10.2 Å². The largest absolute Gasteiger partial charge is 0.492 e. The van der Waals surface area contributed by atoms with Crippen LogP contribution in [0.1, 0.15) is 12.8 Å². The summed E-state index contributed by atoms with van der Waals surface area (Å²) < 4.78 is 6.55. The van der Waals surface area contributed by atoms with Crippen LogP contribution in [0.3, 0.4) is 0 Å². The minimum Gasteiger partial charge on any atom is -0.492 e. The van der Waals surface area contributed by atoms with E-state index in [1.165, 1.54) is 0 Å². The fraction of sp³-hybridized carbons (Fsp3) is 0.462. The van der Waals surface area contributed by atoms with Crippen molar-refractivity contribution in [2.75, 3.05) is 26.2 Å². The number of nitrogens with one attached hydrogen (secondary N) is 1. The molecular weight excluding hydrogens is 296 g/mol. The molecule has 0 atom stereocenters. The molecule has 2 amide bonds. The molecule has 0 bridgehead atoms. The van der Waals surface area contributed by atoms with Gasteiger partial charge in [-0.3, -0.25) is 0 Å². The van der Waals surface area contributed by atoms with E-state index in [2.05, 4.69) is 21.2 Å². The van der Waals surface area contributed by atoms with Gasteiger partial charge >= 0.3 is 6.03 Å². The van der Waals surface area contributed by atoms with Crippen molar-refractivity contribution in [3.05, 3.63) is 28.7 Å². The molecule has 5 heteroatoms. The van der Waals surface area contributed by atoms with Gasteiger partial charge in [-0.25, -0.2) is 4.79 Å². The van der Waals surface area contributed by atoms with Gasteiger partial charge in [0.1, 0.15) is 12.4 Å². The van der Waals surface area contributed by atoms with Gasteiger partial charge in [0.05, 0.1) is 6.54 Å². The summed E-state index contributed by atoms with van der Waals surface area (Å²) in [6.45, 7) is 2.77. The van der Waals surface area contributed by atoms with Crippen LogP contribution >= 0.6 is 15.9 Å². The van der Waals surface area contributed by atoms with Crippen molar-refractivity contribution in [2.24, 2.45) is 0 Å². The number of carbonyl (C=O) groups excluding carboxylic acids is 1. The Kier molecular flexibility index (Phi) is 4.87. The van der Waals surface area contributed by atoms with Crippen LogP contribution < -0.4 is 10.1 Å². The smallest absolute Gasteiger partial charge is 0.317 e. The molecule has 0 radical (unpaired) electrons. The van der Waals surface area contributed by atoms with Crippen LogP contribution in [0.25, 0.3) is 0 Å². The number of ether oxygens (including phenoxy) is 1. The molecule has 1 heterocycles. The number of carbonyl (C=O) groups is 1. The number of urea groups is 1. The van der Waals surface area contributed by atoms with Gasteiger partial charge in [0.2, 0.25) is 0 Å². The molecule has 0 unspecified atom stereocenters. The number of amides is 2. The highest BCUT2D eigenvalue weighted by atomic mass is 79.9. The van der Waals surface area contributed by atoms with E-state index in [0.29, 0.717) is 13.2 Å². The van der Waals surface area contributed by atoms with E-state index in [9.17, 15) is 4.79 Å². The van der Waals surface area contributed by atoms with Gasteiger partial charge in [-0.2, -0.15) is 0 Å². The van der Waals surface area contributed by atoms with Crippen molar-refractivity contribution < 1.29 is 9.53 Å². The maximum atomic E-state index is 11.7. The van der Waals surface area contributed by atoms with Gasteiger partial charge in [0, 0.05) is 17.6 Å². The number of rotatable bonds is 4. The van der Waals surface area contributed by atoms with E-state index in [4.69, 9.17) is 4.74 Å². The molecule has 0 spiro atoms. The first-order valence-corrected chi connectivity index (χ1v) is 6.96. The maximum absolute atomic E-state index is 11.7. The molecule has 18 heavy (non-hydrogen) atoms. The van der Waals surface area contributed by atoms with E-state index in [0.717, 1.165) is 36.2 Å². The summed E-state index contributed by atoms with van der Waals surface area (Å²) in [6, 6.07) is 7.67. The fourth-order valence-electron chi connectivity index (χ4n) is 1.89. The molecular formula is C13H17BrN2O2. The second-order valence-corrected chi connectivity index (χ2v) is 5.14. The minimum absolute atomic E-state index is 0.0203. The molecule has 2 rings (SSSR count).